The first kappa shape index (κ1) is 23.9. The van der Waals surface area contributed by atoms with Crippen molar-refractivity contribution in [3.8, 4) is 0 Å². The topological polar surface area (TPSA) is 98.7 Å². The SMILES string of the molecule is CC[C@H](C)[C@H](CO)N1C(=O)[C@@H]2[C@H](C(=O)NC)[C@]3(C)CCC2(S3)C1C(=O)NC1CCCCC1. The molecule has 3 saturated heterocycles. The predicted octanol–water partition coefficient (Wildman–Crippen LogP) is 2.07. The maximum absolute atomic E-state index is 14.0. The first-order chi connectivity index (χ1) is 15.2. The van der Waals surface area contributed by atoms with Crippen LogP contribution in [0.1, 0.15) is 72.1 Å². The van der Waals surface area contributed by atoms with Crippen molar-refractivity contribution in [1.82, 2.24) is 15.5 Å². The highest BCUT2D eigenvalue weighted by molar-refractivity contribution is 8.02. The molecule has 3 aliphatic heterocycles. The molecule has 0 aromatic carbocycles. The molecule has 1 spiro atoms. The predicted molar refractivity (Wildman–Crippen MR) is 125 cm³/mol. The van der Waals surface area contributed by atoms with Crippen LogP contribution in [0.25, 0.3) is 0 Å². The summed E-state index contributed by atoms with van der Waals surface area (Å²) >= 11 is 1.69. The number of thioether (sulfide) groups is 1. The van der Waals surface area contributed by atoms with E-state index in [-0.39, 0.29) is 41.0 Å². The second kappa shape index (κ2) is 8.82. The van der Waals surface area contributed by atoms with Gasteiger partial charge in [0.15, 0.2) is 0 Å². The zero-order chi connectivity index (χ0) is 23.3. The summed E-state index contributed by atoms with van der Waals surface area (Å²) in [4.78, 5) is 42.6. The van der Waals surface area contributed by atoms with E-state index in [1.165, 1.54) is 6.42 Å². The van der Waals surface area contributed by atoms with Gasteiger partial charge in [0.05, 0.1) is 29.2 Å². The second-order valence-corrected chi connectivity index (χ2v) is 12.5. The van der Waals surface area contributed by atoms with Crippen molar-refractivity contribution in [3.63, 3.8) is 0 Å². The van der Waals surface area contributed by atoms with Gasteiger partial charge < -0.3 is 20.6 Å². The Morgan fingerprint density at radius 1 is 1.22 bits per heavy atom. The number of rotatable bonds is 7. The lowest BCUT2D eigenvalue weighted by molar-refractivity contribution is -0.144. The molecule has 8 heteroatoms. The van der Waals surface area contributed by atoms with Gasteiger partial charge in [0, 0.05) is 17.8 Å². The van der Waals surface area contributed by atoms with Gasteiger partial charge in [-0.2, -0.15) is 0 Å². The number of nitrogens with zero attached hydrogens (tertiary/aromatic N) is 1. The summed E-state index contributed by atoms with van der Waals surface area (Å²) in [6.45, 7) is 5.97. The largest absolute Gasteiger partial charge is 0.394 e. The van der Waals surface area contributed by atoms with E-state index in [2.05, 4.69) is 17.6 Å². The summed E-state index contributed by atoms with van der Waals surface area (Å²) in [5.41, 5.74) is 0. The fraction of sp³-hybridized carbons (Fsp3) is 0.875. The Bertz CT molecular complexity index is 772. The number of hydrogen-bond donors (Lipinski definition) is 3. The van der Waals surface area contributed by atoms with E-state index in [4.69, 9.17) is 0 Å². The summed E-state index contributed by atoms with van der Waals surface area (Å²) in [6.07, 6.45) is 7.74. The monoisotopic (exact) mass is 465 g/mol. The molecular formula is C24H39N3O4S. The van der Waals surface area contributed by atoms with Gasteiger partial charge in [-0.05, 0) is 38.5 Å². The van der Waals surface area contributed by atoms with Crippen LogP contribution in [0.5, 0.6) is 0 Å². The molecule has 4 rings (SSSR count). The van der Waals surface area contributed by atoms with Gasteiger partial charge in [-0.1, -0.05) is 39.5 Å². The lowest BCUT2D eigenvalue weighted by Crippen LogP contribution is -2.59. The first-order valence-electron chi connectivity index (χ1n) is 12.4. The molecule has 4 fully saturated rings. The highest BCUT2D eigenvalue weighted by Gasteiger charge is 2.77. The fourth-order valence-electron chi connectivity index (χ4n) is 6.92. The summed E-state index contributed by atoms with van der Waals surface area (Å²) in [7, 11) is 1.62. The van der Waals surface area contributed by atoms with Crippen LogP contribution in [0.15, 0.2) is 0 Å². The van der Waals surface area contributed by atoms with Crippen molar-refractivity contribution < 1.29 is 19.5 Å². The van der Waals surface area contributed by atoms with Crippen LogP contribution in [0.4, 0.5) is 0 Å². The van der Waals surface area contributed by atoms with Crippen LogP contribution in [0.3, 0.4) is 0 Å². The number of carbonyl (C=O) groups excluding carboxylic acids is 3. The Kier molecular flexibility index (Phi) is 6.58. The summed E-state index contributed by atoms with van der Waals surface area (Å²) < 4.78 is -0.955. The molecule has 180 valence electrons. The van der Waals surface area contributed by atoms with Crippen LogP contribution < -0.4 is 10.6 Å². The molecule has 4 aliphatic rings. The molecule has 0 aromatic rings. The van der Waals surface area contributed by atoms with Gasteiger partial charge in [-0.25, -0.2) is 0 Å². The van der Waals surface area contributed by atoms with E-state index >= 15 is 0 Å². The molecule has 2 bridgehead atoms. The first-order valence-corrected chi connectivity index (χ1v) is 13.2. The Balaban J connectivity index is 1.75. The van der Waals surface area contributed by atoms with Gasteiger partial charge in [-0.15, -0.1) is 11.8 Å². The average molecular weight is 466 g/mol. The van der Waals surface area contributed by atoms with E-state index in [9.17, 15) is 19.5 Å². The number of fused-ring (bicyclic) bond motifs is 1. The third-order valence-electron chi connectivity index (χ3n) is 8.79. The number of carbonyl (C=O) groups is 3. The zero-order valence-corrected chi connectivity index (χ0v) is 20.7. The number of aliphatic hydroxyl groups excluding tert-OH is 1. The Hall–Kier alpha value is -1.28. The fourth-order valence-corrected chi connectivity index (χ4v) is 9.26. The second-order valence-electron chi connectivity index (χ2n) is 10.6. The molecule has 3 N–H and O–H groups in total. The number of hydrogen-bond acceptors (Lipinski definition) is 5. The minimum Gasteiger partial charge on any atom is -0.394 e. The maximum atomic E-state index is 14.0. The van der Waals surface area contributed by atoms with Crippen molar-refractivity contribution in [3.05, 3.63) is 0 Å². The van der Waals surface area contributed by atoms with Crippen molar-refractivity contribution in [1.29, 1.82) is 0 Å². The molecule has 7 nitrogen and oxygen atoms in total. The Morgan fingerprint density at radius 2 is 1.91 bits per heavy atom. The van der Waals surface area contributed by atoms with Gasteiger partial charge >= 0.3 is 0 Å². The number of amides is 3. The molecule has 0 radical (unpaired) electrons. The molecule has 32 heavy (non-hydrogen) atoms. The zero-order valence-electron chi connectivity index (χ0n) is 19.9. The van der Waals surface area contributed by atoms with E-state index in [1.807, 2.05) is 13.8 Å². The Labute approximate surface area is 195 Å². The third kappa shape index (κ3) is 3.47. The molecule has 1 saturated carbocycles. The van der Waals surface area contributed by atoms with E-state index in [1.54, 1.807) is 23.7 Å². The quantitative estimate of drug-likeness (QED) is 0.535. The van der Waals surface area contributed by atoms with Crippen molar-refractivity contribution in [2.24, 2.45) is 17.8 Å². The van der Waals surface area contributed by atoms with E-state index in [0.29, 0.717) is 0 Å². The normalized spacial score (nSPS) is 38.5. The van der Waals surface area contributed by atoms with Gasteiger partial charge in [-0.3, -0.25) is 14.4 Å². The van der Waals surface area contributed by atoms with Crippen LogP contribution in [-0.4, -0.2) is 69.0 Å². The van der Waals surface area contributed by atoms with Crippen LogP contribution in [0, 0.1) is 17.8 Å². The molecular weight excluding hydrogens is 426 g/mol. The smallest absolute Gasteiger partial charge is 0.244 e. The highest BCUT2D eigenvalue weighted by atomic mass is 32.2. The Morgan fingerprint density at radius 3 is 2.50 bits per heavy atom. The lowest BCUT2D eigenvalue weighted by atomic mass is 9.66. The number of aliphatic hydroxyl groups is 1. The molecule has 0 aromatic heterocycles. The molecule has 1 aliphatic carbocycles. The summed E-state index contributed by atoms with van der Waals surface area (Å²) in [5, 5.41) is 16.4. The van der Waals surface area contributed by atoms with E-state index < -0.39 is 28.7 Å². The van der Waals surface area contributed by atoms with E-state index in [0.717, 1.165) is 44.9 Å². The van der Waals surface area contributed by atoms with Crippen LogP contribution >= 0.6 is 11.8 Å². The third-order valence-corrected chi connectivity index (χ3v) is 10.8. The minimum atomic E-state index is -0.644. The lowest BCUT2D eigenvalue weighted by Gasteiger charge is -2.40. The van der Waals surface area contributed by atoms with Gasteiger partial charge in [0.1, 0.15) is 6.04 Å². The summed E-state index contributed by atoms with van der Waals surface area (Å²) in [6, 6.07) is -0.921. The van der Waals surface area contributed by atoms with Gasteiger partial charge in [0.25, 0.3) is 0 Å². The minimum absolute atomic E-state index is 0.0559. The van der Waals surface area contributed by atoms with Crippen molar-refractivity contribution in [2.75, 3.05) is 13.7 Å². The summed E-state index contributed by atoms with van der Waals surface area (Å²) in [5.74, 6) is -1.25. The van der Waals surface area contributed by atoms with Crippen molar-refractivity contribution in [2.45, 2.75) is 99.8 Å². The van der Waals surface area contributed by atoms with Gasteiger partial charge in [0.2, 0.25) is 17.7 Å². The standard InChI is InChI=1S/C24H39N3O4S/c1-5-14(2)16(13-28)27-19(21(30)26-15-9-7-6-8-10-15)24-12-11-23(3,32-24)17(20(29)25-4)18(24)22(27)31/h14-19,28H,5-13H2,1-4H3,(H,25,29)(H,26,30)/t14-,16-,17+,18-,19?,23-,24?/m0/s1. The van der Waals surface area contributed by atoms with Crippen LogP contribution in [0.2, 0.25) is 0 Å². The van der Waals surface area contributed by atoms with Crippen LogP contribution in [-0.2, 0) is 14.4 Å². The number of likely N-dealkylation sites (tertiary alicyclic amines) is 1. The average Bonchev–Trinajstić information content (AvgIpc) is 3.35. The van der Waals surface area contributed by atoms with Crippen molar-refractivity contribution >= 4 is 29.5 Å². The maximum Gasteiger partial charge on any atom is 0.244 e. The highest BCUT2D eigenvalue weighted by Crippen LogP contribution is 2.71. The number of nitrogens with one attached hydrogen (secondary N) is 2. The molecule has 7 atom stereocenters. The molecule has 2 unspecified atom stereocenters. The molecule has 3 heterocycles. The molecule has 3 amide bonds.